The summed E-state index contributed by atoms with van der Waals surface area (Å²) in [6.07, 6.45) is 9.90. The third kappa shape index (κ3) is 2.89. The quantitative estimate of drug-likeness (QED) is 0.757. The molecule has 3 aromatic rings. The summed E-state index contributed by atoms with van der Waals surface area (Å²) in [7, 11) is 0. The Kier molecular flexibility index (Phi) is 4.08. The summed E-state index contributed by atoms with van der Waals surface area (Å²) in [6.45, 7) is 3.19. The van der Waals surface area contributed by atoms with E-state index >= 15 is 0 Å². The lowest BCUT2D eigenvalue weighted by Crippen LogP contribution is -2.24. The van der Waals surface area contributed by atoms with Gasteiger partial charge in [0.05, 0.1) is 5.69 Å². The van der Waals surface area contributed by atoms with Crippen LogP contribution in [0.4, 0.5) is 0 Å². The van der Waals surface area contributed by atoms with Crippen LogP contribution in [0.2, 0.25) is 0 Å². The molecule has 3 rings (SSSR count). The molecule has 0 bridgehead atoms. The average molecular weight is 286 g/mol. The Hall–Kier alpha value is -1.72. The fraction of sp³-hybridized carbons (Fsp3) is 0.333. The highest BCUT2D eigenvalue weighted by molar-refractivity contribution is 7.15. The van der Waals surface area contributed by atoms with Crippen LogP contribution in [0.5, 0.6) is 0 Å². The Bertz CT molecular complexity index is 630. The van der Waals surface area contributed by atoms with Crippen LogP contribution in [0, 0.1) is 0 Å². The van der Waals surface area contributed by atoms with Crippen LogP contribution in [0.3, 0.4) is 0 Å². The molecule has 0 aliphatic rings. The maximum atomic E-state index is 4.67. The molecule has 1 unspecified atom stereocenters. The lowest BCUT2D eigenvalue weighted by Gasteiger charge is -2.17. The van der Waals surface area contributed by atoms with Crippen molar-refractivity contribution in [1.82, 2.24) is 19.7 Å². The van der Waals surface area contributed by atoms with Crippen LogP contribution < -0.4 is 5.32 Å². The van der Waals surface area contributed by atoms with E-state index in [0.29, 0.717) is 6.04 Å². The van der Waals surface area contributed by atoms with Crippen LogP contribution in [0.1, 0.15) is 30.6 Å². The van der Waals surface area contributed by atoms with Gasteiger partial charge in [-0.05, 0) is 30.7 Å². The molecule has 0 amide bonds. The van der Waals surface area contributed by atoms with Gasteiger partial charge in [-0.3, -0.25) is 9.38 Å². The zero-order valence-electron chi connectivity index (χ0n) is 11.5. The molecule has 0 aliphatic carbocycles. The van der Waals surface area contributed by atoms with E-state index in [2.05, 4.69) is 56.5 Å². The zero-order chi connectivity index (χ0) is 13.8. The summed E-state index contributed by atoms with van der Waals surface area (Å²) < 4.78 is 2.09. The summed E-state index contributed by atoms with van der Waals surface area (Å²) in [4.78, 5) is 9.83. The maximum Gasteiger partial charge on any atom is 0.193 e. The Morgan fingerprint density at radius 2 is 2.20 bits per heavy atom. The van der Waals surface area contributed by atoms with Crippen LogP contribution in [0.25, 0.3) is 4.96 Å². The smallest absolute Gasteiger partial charge is 0.193 e. The second-order valence-electron chi connectivity index (χ2n) is 4.82. The predicted molar refractivity (Wildman–Crippen MR) is 82.0 cm³/mol. The number of rotatable bonds is 6. The molecule has 1 N–H and O–H groups in total. The van der Waals surface area contributed by atoms with Gasteiger partial charge in [-0.15, -0.1) is 11.3 Å². The van der Waals surface area contributed by atoms with Crippen molar-refractivity contribution in [3.63, 3.8) is 0 Å². The Labute approximate surface area is 122 Å². The molecule has 0 saturated carbocycles. The van der Waals surface area contributed by atoms with Gasteiger partial charge in [0.2, 0.25) is 0 Å². The predicted octanol–water partition coefficient (Wildman–Crippen LogP) is 3.07. The number of imidazole rings is 1. The Morgan fingerprint density at radius 1 is 1.35 bits per heavy atom. The highest BCUT2D eigenvalue weighted by Gasteiger charge is 2.13. The van der Waals surface area contributed by atoms with E-state index in [-0.39, 0.29) is 0 Å². The van der Waals surface area contributed by atoms with E-state index in [0.717, 1.165) is 30.0 Å². The van der Waals surface area contributed by atoms with Crippen molar-refractivity contribution in [1.29, 1.82) is 0 Å². The third-order valence-electron chi connectivity index (χ3n) is 3.31. The zero-order valence-corrected chi connectivity index (χ0v) is 12.3. The molecule has 3 heterocycles. The molecular weight excluding hydrogens is 268 g/mol. The van der Waals surface area contributed by atoms with Crippen LogP contribution in [-0.4, -0.2) is 20.9 Å². The fourth-order valence-corrected chi connectivity index (χ4v) is 3.02. The SMILES string of the molecule is CCCNC(Cc1cn2ccsc2n1)c1ccncc1. The van der Waals surface area contributed by atoms with Crippen molar-refractivity contribution in [2.75, 3.05) is 6.54 Å². The molecule has 5 heteroatoms. The molecule has 0 spiro atoms. The molecular formula is C15H18N4S. The van der Waals surface area contributed by atoms with Gasteiger partial charge in [-0.1, -0.05) is 6.92 Å². The molecule has 0 radical (unpaired) electrons. The fourth-order valence-electron chi connectivity index (χ4n) is 2.31. The second kappa shape index (κ2) is 6.15. The molecule has 1 atom stereocenters. The summed E-state index contributed by atoms with van der Waals surface area (Å²) in [5, 5.41) is 5.65. The molecule has 0 fully saturated rings. The minimum absolute atomic E-state index is 0.294. The second-order valence-corrected chi connectivity index (χ2v) is 5.69. The van der Waals surface area contributed by atoms with E-state index in [4.69, 9.17) is 0 Å². The van der Waals surface area contributed by atoms with Crippen LogP contribution >= 0.6 is 11.3 Å². The van der Waals surface area contributed by atoms with Crippen LogP contribution in [-0.2, 0) is 6.42 Å². The van der Waals surface area contributed by atoms with Crippen molar-refractivity contribution in [3.05, 3.63) is 53.6 Å². The van der Waals surface area contributed by atoms with Gasteiger partial charge in [-0.2, -0.15) is 0 Å². The van der Waals surface area contributed by atoms with Gasteiger partial charge in [0.15, 0.2) is 4.96 Å². The third-order valence-corrected chi connectivity index (χ3v) is 4.08. The molecule has 0 aliphatic heterocycles. The average Bonchev–Trinajstić information content (AvgIpc) is 3.05. The molecule has 104 valence electrons. The van der Waals surface area contributed by atoms with Crippen molar-refractivity contribution in [3.8, 4) is 0 Å². The summed E-state index contributed by atoms with van der Waals surface area (Å²) in [5.41, 5.74) is 2.40. The number of aromatic nitrogens is 3. The minimum Gasteiger partial charge on any atom is -0.310 e. The van der Waals surface area contributed by atoms with Crippen LogP contribution in [0.15, 0.2) is 42.3 Å². The lowest BCUT2D eigenvalue weighted by atomic mass is 10.0. The first-order valence-corrected chi connectivity index (χ1v) is 7.79. The molecule has 0 aromatic carbocycles. The Balaban J connectivity index is 1.80. The number of thiazole rings is 1. The largest absolute Gasteiger partial charge is 0.310 e. The van der Waals surface area contributed by atoms with Crippen molar-refractivity contribution >= 4 is 16.3 Å². The highest BCUT2D eigenvalue weighted by Crippen LogP contribution is 2.19. The van der Waals surface area contributed by atoms with E-state index in [9.17, 15) is 0 Å². The van der Waals surface area contributed by atoms with Crippen molar-refractivity contribution in [2.45, 2.75) is 25.8 Å². The van der Waals surface area contributed by atoms with Gasteiger partial charge in [0.1, 0.15) is 0 Å². The maximum absolute atomic E-state index is 4.67. The Morgan fingerprint density at radius 3 is 2.95 bits per heavy atom. The van der Waals surface area contributed by atoms with Gasteiger partial charge in [0.25, 0.3) is 0 Å². The van der Waals surface area contributed by atoms with Gasteiger partial charge >= 0.3 is 0 Å². The standard InChI is InChI=1S/C15H18N4S/c1-2-5-17-14(12-3-6-16-7-4-12)10-13-11-19-8-9-20-15(19)18-13/h3-4,6-9,11,14,17H,2,5,10H2,1H3. The topological polar surface area (TPSA) is 42.2 Å². The molecule has 4 nitrogen and oxygen atoms in total. The number of hydrogen-bond donors (Lipinski definition) is 1. The summed E-state index contributed by atoms with van der Waals surface area (Å²) >= 11 is 1.67. The number of nitrogens with one attached hydrogen (secondary N) is 1. The van der Waals surface area contributed by atoms with Gasteiger partial charge in [-0.25, -0.2) is 4.98 Å². The molecule has 20 heavy (non-hydrogen) atoms. The lowest BCUT2D eigenvalue weighted by molar-refractivity contribution is 0.525. The first kappa shape index (κ1) is 13.3. The monoisotopic (exact) mass is 286 g/mol. The number of pyridine rings is 1. The van der Waals surface area contributed by atoms with E-state index < -0.39 is 0 Å². The number of fused-ring (bicyclic) bond motifs is 1. The van der Waals surface area contributed by atoms with Crippen molar-refractivity contribution in [2.24, 2.45) is 0 Å². The van der Waals surface area contributed by atoms with Gasteiger partial charge < -0.3 is 5.32 Å². The number of nitrogens with zero attached hydrogens (tertiary/aromatic N) is 3. The highest BCUT2D eigenvalue weighted by atomic mass is 32.1. The van der Waals surface area contributed by atoms with Crippen molar-refractivity contribution < 1.29 is 0 Å². The summed E-state index contributed by atoms with van der Waals surface area (Å²) in [5.74, 6) is 0. The first-order valence-electron chi connectivity index (χ1n) is 6.91. The van der Waals surface area contributed by atoms with E-state index in [1.165, 1.54) is 5.56 Å². The normalized spacial score (nSPS) is 12.8. The van der Waals surface area contributed by atoms with Gasteiger partial charge in [0, 0.05) is 42.6 Å². The van der Waals surface area contributed by atoms with E-state index in [1.54, 1.807) is 11.3 Å². The molecule has 0 saturated heterocycles. The number of hydrogen-bond acceptors (Lipinski definition) is 4. The summed E-state index contributed by atoms with van der Waals surface area (Å²) in [6, 6.07) is 4.44. The first-order chi connectivity index (χ1) is 9.86. The minimum atomic E-state index is 0.294. The molecule has 3 aromatic heterocycles. The van der Waals surface area contributed by atoms with E-state index in [1.807, 2.05) is 12.4 Å².